The summed E-state index contributed by atoms with van der Waals surface area (Å²) in [5, 5.41) is 12.8. The summed E-state index contributed by atoms with van der Waals surface area (Å²) in [5.41, 5.74) is 0.420. The minimum absolute atomic E-state index is 0.163. The first kappa shape index (κ1) is 16.9. The number of nitrogens with one attached hydrogen (secondary N) is 1. The van der Waals surface area contributed by atoms with E-state index in [0.717, 1.165) is 0 Å². The molecule has 22 heavy (non-hydrogen) atoms. The summed E-state index contributed by atoms with van der Waals surface area (Å²) in [7, 11) is 0. The molecule has 1 fully saturated rings. The highest BCUT2D eigenvalue weighted by Gasteiger charge is 2.41. The lowest BCUT2D eigenvalue weighted by molar-refractivity contribution is -0.201. The number of aliphatic hydroxyl groups is 1. The summed E-state index contributed by atoms with van der Waals surface area (Å²) >= 11 is 3.28. The molecule has 6 nitrogen and oxygen atoms in total. The van der Waals surface area contributed by atoms with Crippen LogP contribution in [-0.2, 0) is 14.3 Å². The maximum absolute atomic E-state index is 12.2. The molecule has 1 saturated heterocycles. The van der Waals surface area contributed by atoms with Gasteiger partial charge in [-0.3, -0.25) is 4.79 Å². The molecule has 1 aromatic carbocycles. The summed E-state index contributed by atoms with van der Waals surface area (Å²) < 4.78 is 10.9. The Hall–Kier alpha value is -1.44. The Kier molecular flexibility index (Phi) is 5.93. The van der Waals surface area contributed by atoms with E-state index in [1.54, 1.807) is 30.3 Å². The predicted molar refractivity (Wildman–Crippen MR) is 82.5 cm³/mol. The maximum Gasteiger partial charge on any atom is 0.338 e. The summed E-state index contributed by atoms with van der Waals surface area (Å²) in [6.07, 6.45) is -2.07. The smallest absolute Gasteiger partial charge is 0.338 e. The first-order valence-corrected chi connectivity index (χ1v) is 8.06. The van der Waals surface area contributed by atoms with Crippen molar-refractivity contribution < 1.29 is 24.2 Å². The molecule has 0 aliphatic carbocycles. The molecule has 0 aromatic heterocycles. The second kappa shape index (κ2) is 7.71. The van der Waals surface area contributed by atoms with E-state index in [2.05, 4.69) is 21.2 Å². The normalized spacial score (nSPS) is 28.0. The third-order valence-corrected chi connectivity index (χ3v) is 3.98. The molecule has 0 bridgehead atoms. The first-order chi connectivity index (χ1) is 10.5. The molecule has 1 aliphatic rings. The Balaban J connectivity index is 2.15. The van der Waals surface area contributed by atoms with Crippen LogP contribution in [0.15, 0.2) is 30.3 Å². The number of benzene rings is 1. The van der Waals surface area contributed by atoms with Crippen molar-refractivity contribution >= 4 is 27.8 Å². The summed E-state index contributed by atoms with van der Waals surface area (Å²) in [5.74, 6) is -0.750. The molecule has 0 radical (unpaired) electrons. The standard InChI is InChI=1S/C15H18BrNO5/c1-9(18)17-11-7-13(19)21-12(8-16)14(11)22-15(20)10-5-3-2-4-6-10/h2-6,11-14,19H,7-8H2,1H3,(H,17,18)/t11?,12?,13-,14-/m0/s1. The molecule has 0 spiro atoms. The SMILES string of the molecule is CC(=O)NC1C[C@@H](O)OC(CBr)[C@H]1OC(=O)c1ccccc1. The van der Waals surface area contributed by atoms with Gasteiger partial charge in [-0.05, 0) is 12.1 Å². The number of alkyl halides is 1. The third kappa shape index (κ3) is 4.28. The Morgan fingerprint density at radius 1 is 1.41 bits per heavy atom. The van der Waals surface area contributed by atoms with Crippen LogP contribution in [0.3, 0.4) is 0 Å². The maximum atomic E-state index is 12.2. The van der Waals surface area contributed by atoms with Gasteiger partial charge in [0, 0.05) is 18.7 Å². The summed E-state index contributed by atoms with van der Waals surface area (Å²) in [6, 6.07) is 8.08. The molecule has 120 valence electrons. The van der Waals surface area contributed by atoms with Crippen LogP contribution in [0.1, 0.15) is 23.7 Å². The van der Waals surface area contributed by atoms with Crippen molar-refractivity contribution in [3.05, 3.63) is 35.9 Å². The van der Waals surface area contributed by atoms with Crippen molar-refractivity contribution in [2.75, 3.05) is 5.33 Å². The van der Waals surface area contributed by atoms with Gasteiger partial charge in [-0.2, -0.15) is 0 Å². The fraction of sp³-hybridized carbons (Fsp3) is 0.467. The van der Waals surface area contributed by atoms with E-state index >= 15 is 0 Å². The molecule has 1 aliphatic heterocycles. The molecule has 2 unspecified atom stereocenters. The average molecular weight is 372 g/mol. The molecule has 1 heterocycles. The van der Waals surface area contributed by atoms with Crippen LogP contribution < -0.4 is 5.32 Å². The van der Waals surface area contributed by atoms with Crippen molar-refractivity contribution in [1.29, 1.82) is 0 Å². The van der Waals surface area contributed by atoms with Crippen LogP contribution in [0.5, 0.6) is 0 Å². The molecule has 0 saturated carbocycles. The topological polar surface area (TPSA) is 84.9 Å². The van der Waals surface area contributed by atoms with Crippen molar-refractivity contribution in [3.8, 4) is 0 Å². The number of amides is 1. The Labute approximate surface area is 136 Å². The predicted octanol–water partition coefficient (Wildman–Crippen LogP) is 1.22. The zero-order chi connectivity index (χ0) is 16.1. The van der Waals surface area contributed by atoms with Crippen LogP contribution in [0.2, 0.25) is 0 Å². The Morgan fingerprint density at radius 2 is 2.09 bits per heavy atom. The van der Waals surface area contributed by atoms with E-state index in [4.69, 9.17) is 9.47 Å². The average Bonchev–Trinajstić information content (AvgIpc) is 2.49. The van der Waals surface area contributed by atoms with Gasteiger partial charge in [0.15, 0.2) is 6.29 Å². The van der Waals surface area contributed by atoms with Crippen molar-refractivity contribution in [1.82, 2.24) is 5.32 Å². The Bertz CT molecular complexity index is 524. The van der Waals surface area contributed by atoms with Crippen LogP contribution in [0.4, 0.5) is 0 Å². The van der Waals surface area contributed by atoms with Gasteiger partial charge in [-0.1, -0.05) is 34.1 Å². The van der Waals surface area contributed by atoms with Crippen molar-refractivity contribution in [2.24, 2.45) is 0 Å². The number of rotatable bonds is 4. The molecule has 1 amide bonds. The molecular weight excluding hydrogens is 354 g/mol. The number of carbonyl (C=O) groups is 2. The lowest BCUT2D eigenvalue weighted by atomic mass is 9.99. The van der Waals surface area contributed by atoms with Gasteiger partial charge in [-0.25, -0.2) is 4.79 Å². The highest BCUT2D eigenvalue weighted by atomic mass is 79.9. The fourth-order valence-corrected chi connectivity index (χ4v) is 2.92. The number of aliphatic hydroxyl groups excluding tert-OH is 1. The van der Waals surface area contributed by atoms with Gasteiger partial charge in [0.25, 0.3) is 0 Å². The monoisotopic (exact) mass is 371 g/mol. The quantitative estimate of drug-likeness (QED) is 0.613. The number of hydrogen-bond acceptors (Lipinski definition) is 5. The molecule has 7 heteroatoms. The number of carbonyl (C=O) groups excluding carboxylic acids is 2. The van der Waals surface area contributed by atoms with Crippen LogP contribution >= 0.6 is 15.9 Å². The Morgan fingerprint density at radius 3 is 2.68 bits per heavy atom. The molecule has 4 atom stereocenters. The first-order valence-electron chi connectivity index (χ1n) is 6.94. The number of halogens is 1. The van der Waals surface area contributed by atoms with E-state index in [1.807, 2.05) is 0 Å². The minimum Gasteiger partial charge on any atom is -0.454 e. The van der Waals surface area contributed by atoms with Gasteiger partial charge in [0.2, 0.25) is 5.91 Å². The number of esters is 1. The van der Waals surface area contributed by atoms with E-state index < -0.39 is 30.5 Å². The molecule has 2 N–H and O–H groups in total. The van der Waals surface area contributed by atoms with Crippen LogP contribution in [-0.4, -0.2) is 46.9 Å². The van der Waals surface area contributed by atoms with E-state index in [1.165, 1.54) is 6.92 Å². The van der Waals surface area contributed by atoms with Gasteiger partial charge >= 0.3 is 5.97 Å². The zero-order valence-electron chi connectivity index (χ0n) is 12.1. The second-order valence-corrected chi connectivity index (χ2v) is 5.71. The van der Waals surface area contributed by atoms with E-state index in [-0.39, 0.29) is 12.3 Å². The van der Waals surface area contributed by atoms with Gasteiger partial charge in [0.1, 0.15) is 12.2 Å². The number of hydrogen-bond donors (Lipinski definition) is 2. The third-order valence-electron chi connectivity index (χ3n) is 3.34. The fourth-order valence-electron chi connectivity index (χ4n) is 2.40. The highest BCUT2D eigenvalue weighted by Crippen LogP contribution is 2.24. The molecular formula is C15H18BrNO5. The number of ether oxygens (including phenoxy) is 2. The van der Waals surface area contributed by atoms with Crippen LogP contribution in [0, 0.1) is 0 Å². The lowest BCUT2D eigenvalue weighted by Gasteiger charge is -2.39. The van der Waals surface area contributed by atoms with E-state index in [9.17, 15) is 14.7 Å². The lowest BCUT2D eigenvalue weighted by Crippen LogP contribution is -2.57. The van der Waals surface area contributed by atoms with Crippen molar-refractivity contribution in [3.63, 3.8) is 0 Å². The van der Waals surface area contributed by atoms with Crippen molar-refractivity contribution in [2.45, 2.75) is 37.9 Å². The molecule has 2 rings (SSSR count). The molecule has 1 aromatic rings. The van der Waals surface area contributed by atoms with Gasteiger partial charge in [0.05, 0.1) is 11.6 Å². The van der Waals surface area contributed by atoms with Crippen LogP contribution in [0.25, 0.3) is 0 Å². The second-order valence-electron chi connectivity index (χ2n) is 5.06. The zero-order valence-corrected chi connectivity index (χ0v) is 13.7. The summed E-state index contributed by atoms with van der Waals surface area (Å²) in [6.45, 7) is 1.38. The highest BCUT2D eigenvalue weighted by molar-refractivity contribution is 9.09. The van der Waals surface area contributed by atoms with Gasteiger partial charge in [-0.15, -0.1) is 0 Å². The van der Waals surface area contributed by atoms with Gasteiger partial charge < -0.3 is 19.9 Å². The largest absolute Gasteiger partial charge is 0.454 e. The van der Waals surface area contributed by atoms with E-state index in [0.29, 0.717) is 10.9 Å². The minimum atomic E-state index is -1.01. The summed E-state index contributed by atoms with van der Waals surface area (Å²) in [4.78, 5) is 23.5.